The molecule has 0 bridgehead atoms. The molecular weight excluding hydrogens is 330 g/mol. The summed E-state index contributed by atoms with van der Waals surface area (Å²) in [5.74, 6) is 0.286. The summed E-state index contributed by atoms with van der Waals surface area (Å²) in [4.78, 5) is 16.7. The van der Waals surface area contributed by atoms with Gasteiger partial charge >= 0.3 is 0 Å². The zero-order valence-electron chi connectivity index (χ0n) is 14.6. The molecule has 1 amide bonds. The number of aromatic nitrogens is 2. The van der Waals surface area contributed by atoms with Crippen LogP contribution in [0.4, 0.5) is 5.69 Å². The number of nitrogens with zero attached hydrogens (tertiary/aromatic N) is 2. The van der Waals surface area contributed by atoms with Gasteiger partial charge in [0, 0.05) is 23.8 Å². The average Bonchev–Trinajstić information content (AvgIpc) is 3.06. The molecule has 5 heteroatoms. The van der Waals surface area contributed by atoms with Crippen molar-refractivity contribution >= 4 is 23.4 Å². The van der Waals surface area contributed by atoms with Gasteiger partial charge in [0.25, 0.3) is 0 Å². The second kappa shape index (κ2) is 7.57. The number of nitrogens with one attached hydrogen (secondary N) is 1. The average molecular weight is 351 g/mol. The molecular formula is C20H21N3OS. The largest absolute Gasteiger partial charge is 0.325 e. The number of aryl methyl sites for hydroxylation is 2. The second-order valence-electron chi connectivity index (χ2n) is 6.00. The van der Waals surface area contributed by atoms with E-state index in [0.29, 0.717) is 5.75 Å². The zero-order chi connectivity index (χ0) is 17.8. The van der Waals surface area contributed by atoms with E-state index in [1.54, 1.807) is 6.20 Å². The van der Waals surface area contributed by atoms with E-state index in [0.717, 1.165) is 22.1 Å². The number of hydrogen-bond acceptors (Lipinski definition) is 3. The molecule has 3 aromatic rings. The lowest BCUT2D eigenvalue weighted by atomic mass is 10.1. The number of benzene rings is 2. The Morgan fingerprint density at radius 2 is 1.96 bits per heavy atom. The zero-order valence-corrected chi connectivity index (χ0v) is 15.4. The monoisotopic (exact) mass is 351 g/mol. The van der Waals surface area contributed by atoms with Crippen molar-refractivity contribution in [1.82, 2.24) is 9.55 Å². The van der Waals surface area contributed by atoms with Crippen molar-refractivity contribution in [2.45, 2.75) is 25.9 Å². The number of imidazole rings is 1. The van der Waals surface area contributed by atoms with E-state index in [4.69, 9.17) is 0 Å². The fourth-order valence-corrected chi connectivity index (χ4v) is 3.35. The highest BCUT2D eigenvalue weighted by Crippen LogP contribution is 2.22. The SMILES string of the molecule is Cc1cccc(-n2ccnc2SCC(=O)Nc2cccc(C)c2C)c1. The molecule has 0 saturated heterocycles. The molecule has 3 rings (SSSR count). The van der Waals surface area contributed by atoms with Gasteiger partial charge in [0.15, 0.2) is 5.16 Å². The molecule has 0 aliphatic carbocycles. The first-order chi connectivity index (χ1) is 12.0. The van der Waals surface area contributed by atoms with Crippen LogP contribution in [0, 0.1) is 20.8 Å². The predicted molar refractivity (Wildman–Crippen MR) is 104 cm³/mol. The van der Waals surface area contributed by atoms with Gasteiger partial charge in [0.2, 0.25) is 5.91 Å². The third-order valence-electron chi connectivity index (χ3n) is 4.10. The van der Waals surface area contributed by atoms with Crippen LogP contribution in [-0.2, 0) is 4.79 Å². The van der Waals surface area contributed by atoms with E-state index in [1.165, 1.54) is 22.9 Å². The Morgan fingerprint density at radius 1 is 1.16 bits per heavy atom. The molecule has 0 spiro atoms. The topological polar surface area (TPSA) is 46.9 Å². The minimum Gasteiger partial charge on any atom is -0.325 e. The van der Waals surface area contributed by atoms with Gasteiger partial charge < -0.3 is 5.32 Å². The van der Waals surface area contributed by atoms with Crippen molar-refractivity contribution in [2.75, 3.05) is 11.1 Å². The Morgan fingerprint density at radius 3 is 2.76 bits per heavy atom. The molecule has 1 heterocycles. The lowest BCUT2D eigenvalue weighted by molar-refractivity contribution is -0.113. The van der Waals surface area contributed by atoms with E-state index in [1.807, 2.05) is 54.9 Å². The van der Waals surface area contributed by atoms with E-state index in [9.17, 15) is 4.79 Å². The van der Waals surface area contributed by atoms with Gasteiger partial charge in [-0.15, -0.1) is 0 Å². The summed E-state index contributed by atoms with van der Waals surface area (Å²) in [6.45, 7) is 6.12. The molecule has 1 N–H and O–H groups in total. The summed E-state index contributed by atoms with van der Waals surface area (Å²) in [6, 6.07) is 14.1. The third kappa shape index (κ3) is 4.12. The predicted octanol–water partition coefficient (Wildman–Crippen LogP) is 4.53. The molecule has 0 fully saturated rings. The van der Waals surface area contributed by atoms with Gasteiger partial charge in [-0.3, -0.25) is 9.36 Å². The number of hydrogen-bond donors (Lipinski definition) is 1. The summed E-state index contributed by atoms with van der Waals surface area (Å²) in [5.41, 5.74) is 5.37. The second-order valence-corrected chi connectivity index (χ2v) is 6.95. The van der Waals surface area contributed by atoms with Gasteiger partial charge in [-0.25, -0.2) is 4.98 Å². The van der Waals surface area contributed by atoms with Gasteiger partial charge in [-0.05, 0) is 55.7 Å². The van der Waals surface area contributed by atoms with Gasteiger partial charge in [0.1, 0.15) is 0 Å². The Labute approximate surface area is 152 Å². The van der Waals surface area contributed by atoms with E-state index in [2.05, 4.69) is 29.4 Å². The molecule has 128 valence electrons. The Kier molecular flexibility index (Phi) is 5.24. The van der Waals surface area contributed by atoms with Crippen LogP contribution in [-0.4, -0.2) is 21.2 Å². The molecule has 0 radical (unpaired) electrons. The number of amides is 1. The summed E-state index contributed by atoms with van der Waals surface area (Å²) < 4.78 is 2.00. The Hall–Kier alpha value is -2.53. The first-order valence-corrected chi connectivity index (χ1v) is 9.12. The molecule has 1 aromatic heterocycles. The molecule has 25 heavy (non-hydrogen) atoms. The van der Waals surface area contributed by atoms with Crippen molar-refractivity contribution in [3.8, 4) is 5.69 Å². The number of anilines is 1. The molecule has 0 atom stereocenters. The summed E-state index contributed by atoms with van der Waals surface area (Å²) in [6.07, 6.45) is 3.67. The molecule has 0 saturated carbocycles. The molecule has 0 unspecified atom stereocenters. The van der Waals surface area contributed by atoms with E-state index >= 15 is 0 Å². The lowest BCUT2D eigenvalue weighted by Crippen LogP contribution is -2.15. The number of carbonyl (C=O) groups is 1. The van der Waals surface area contributed by atoms with Crippen LogP contribution in [0.25, 0.3) is 5.69 Å². The van der Waals surface area contributed by atoms with Crippen molar-refractivity contribution in [2.24, 2.45) is 0 Å². The first-order valence-electron chi connectivity index (χ1n) is 8.14. The van der Waals surface area contributed by atoms with Gasteiger partial charge in [-0.1, -0.05) is 36.0 Å². The third-order valence-corrected chi connectivity index (χ3v) is 5.06. The minimum absolute atomic E-state index is 0.0301. The molecule has 0 aliphatic heterocycles. The maximum Gasteiger partial charge on any atom is 0.234 e. The fourth-order valence-electron chi connectivity index (χ4n) is 2.57. The van der Waals surface area contributed by atoms with Crippen LogP contribution in [0.3, 0.4) is 0 Å². The number of thioether (sulfide) groups is 1. The van der Waals surface area contributed by atoms with Crippen LogP contribution in [0.1, 0.15) is 16.7 Å². The van der Waals surface area contributed by atoms with E-state index < -0.39 is 0 Å². The maximum atomic E-state index is 12.3. The number of rotatable bonds is 5. The quantitative estimate of drug-likeness (QED) is 0.687. The smallest absolute Gasteiger partial charge is 0.234 e. The molecule has 4 nitrogen and oxygen atoms in total. The first kappa shape index (κ1) is 17.3. The van der Waals surface area contributed by atoms with Crippen molar-refractivity contribution in [1.29, 1.82) is 0 Å². The van der Waals surface area contributed by atoms with Gasteiger partial charge in [-0.2, -0.15) is 0 Å². The summed E-state index contributed by atoms with van der Waals surface area (Å²) >= 11 is 1.43. The van der Waals surface area contributed by atoms with Crippen LogP contribution < -0.4 is 5.32 Å². The van der Waals surface area contributed by atoms with Crippen molar-refractivity contribution in [3.63, 3.8) is 0 Å². The normalized spacial score (nSPS) is 10.7. The summed E-state index contributed by atoms with van der Waals surface area (Å²) in [5, 5.41) is 3.79. The lowest BCUT2D eigenvalue weighted by Gasteiger charge is -2.11. The van der Waals surface area contributed by atoms with Crippen molar-refractivity contribution in [3.05, 3.63) is 71.5 Å². The molecule has 2 aromatic carbocycles. The van der Waals surface area contributed by atoms with Crippen LogP contribution >= 0.6 is 11.8 Å². The van der Waals surface area contributed by atoms with Crippen molar-refractivity contribution < 1.29 is 4.79 Å². The highest BCUT2D eigenvalue weighted by atomic mass is 32.2. The van der Waals surface area contributed by atoms with Crippen LogP contribution in [0.5, 0.6) is 0 Å². The Bertz CT molecular complexity index is 901. The number of carbonyl (C=O) groups excluding carboxylic acids is 1. The van der Waals surface area contributed by atoms with E-state index in [-0.39, 0.29) is 5.91 Å². The fraction of sp³-hybridized carbons (Fsp3) is 0.200. The molecule has 0 aliphatic rings. The maximum absolute atomic E-state index is 12.3. The highest BCUT2D eigenvalue weighted by molar-refractivity contribution is 7.99. The van der Waals surface area contributed by atoms with Crippen LogP contribution in [0.15, 0.2) is 60.0 Å². The van der Waals surface area contributed by atoms with Gasteiger partial charge in [0.05, 0.1) is 5.75 Å². The minimum atomic E-state index is -0.0301. The standard InChI is InChI=1S/C20H21N3OS/c1-14-6-4-8-17(12-14)23-11-10-21-20(23)25-13-19(24)22-18-9-5-7-15(2)16(18)3/h4-12H,13H2,1-3H3,(H,22,24). The highest BCUT2D eigenvalue weighted by Gasteiger charge is 2.10. The summed E-state index contributed by atoms with van der Waals surface area (Å²) in [7, 11) is 0. The Balaban J connectivity index is 1.67. The van der Waals surface area contributed by atoms with Crippen LogP contribution in [0.2, 0.25) is 0 Å².